The second kappa shape index (κ2) is 8.32. The zero-order valence-corrected chi connectivity index (χ0v) is 14.5. The van der Waals surface area contributed by atoms with E-state index in [1.165, 1.54) is 0 Å². The summed E-state index contributed by atoms with van der Waals surface area (Å²) in [6.07, 6.45) is -1.21. The number of methoxy groups -OCH3 is 1. The predicted molar refractivity (Wildman–Crippen MR) is 99.5 cm³/mol. The molecule has 0 fully saturated rings. The molecular formula is C22H20O4. The molecule has 26 heavy (non-hydrogen) atoms. The van der Waals surface area contributed by atoms with Crippen LogP contribution in [0.25, 0.3) is 0 Å². The molecule has 1 N–H and O–H groups in total. The van der Waals surface area contributed by atoms with Gasteiger partial charge in [-0.1, -0.05) is 42.5 Å². The third-order valence-corrected chi connectivity index (χ3v) is 4.07. The Morgan fingerprint density at radius 1 is 0.885 bits per heavy atom. The van der Waals surface area contributed by atoms with Gasteiger partial charge in [0, 0.05) is 5.56 Å². The van der Waals surface area contributed by atoms with Gasteiger partial charge in [-0.25, -0.2) is 0 Å². The highest BCUT2D eigenvalue weighted by Crippen LogP contribution is 2.22. The Kier molecular flexibility index (Phi) is 5.66. The minimum absolute atomic E-state index is 0.357. The van der Waals surface area contributed by atoms with Crippen molar-refractivity contribution in [2.24, 2.45) is 0 Å². The summed E-state index contributed by atoms with van der Waals surface area (Å²) in [7, 11) is 1.57. The van der Waals surface area contributed by atoms with Gasteiger partial charge in [-0.3, -0.25) is 4.79 Å². The molecule has 1 unspecified atom stereocenters. The molecule has 0 aromatic heterocycles. The van der Waals surface area contributed by atoms with Crippen LogP contribution in [0.4, 0.5) is 0 Å². The molecule has 0 spiro atoms. The maximum Gasteiger partial charge on any atom is 0.195 e. The lowest BCUT2D eigenvalue weighted by atomic mass is 10.00. The largest absolute Gasteiger partial charge is 0.497 e. The zero-order valence-electron chi connectivity index (χ0n) is 14.5. The van der Waals surface area contributed by atoms with Gasteiger partial charge in [-0.2, -0.15) is 0 Å². The molecule has 0 radical (unpaired) electrons. The van der Waals surface area contributed by atoms with E-state index in [1.807, 2.05) is 30.3 Å². The van der Waals surface area contributed by atoms with Crippen molar-refractivity contribution in [1.29, 1.82) is 0 Å². The minimum Gasteiger partial charge on any atom is -0.497 e. The number of hydrogen-bond donors (Lipinski definition) is 1. The van der Waals surface area contributed by atoms with Crippen molar-refractivity contribution < 1.29 is 19.4 Å². The average Bonchev–Trinajstić information content (AvgIpc) is 2.72. The quantitative estimate of drug-likeness (QED) is 0.651. The van der Waals surface area contributed by atoms with Crippen LogP contribution in [0.5, 0.6) is 11.5 Å². The van der Waals surface area contributed by atoms with Gasteiger partial charge in [0.2, 0.25) is 0 Å². The first kappa shape index (κ1) is 17.7. The Balaban J connectivity index is 1.64. The molecule has 132 valence electrons. The summed E-state index contributed by atoms with van der Waals surface area (Å²) < 4.78 is 10.8. The molecule has 3 aromatic rings. The van der Waals surface area contributed by atoms with E-state index in [-0.39, 0.29) is 5.78 Å². The number of hydrogen-bond acceptors (Lipinski definition) is 4. The molecule has 4 heteroatoms. The van der Waals surface area contributed by atoms with Crippen molar-refractivity contribution in [3.8, 4) is 11.5 Å². The summed E-state index contributed by atoms with van der Waals surface area (Å²) in [4.78, 5) is 12.5. The summed E-state index contributed by atoms with van der Waals surface area (Å²) in [5.41, 5.74) is 2.03. The van der Waals surface area contributed by atoms with Crippen LogP contribution < -0.4 is 9.47 Å². The van der Waals surface area contributed by atoms with Crippen LogP contribution in [-0.4, -0.2) is 18.0 Å². The molecule has 0 aliphatic carbocycles. The highest BCUT2D eigenvalue weighted by molar-refractivity contribution is 5.99. The predicted octanol–water partition coefficient (Wildman–Crippen LogP) is 4.19. The molecule has 1 atom stereocenters. The van der Waals surface area contributed by atoms with Gasteiger partial charge in [0.1, 0.15) is 24.2 Å². The Morgan fingerprint density at radius 3 is 2.12 bits per heavy atom. The first-order chi connectivity index (χ1) is 12.7. The van der Waals surface area contributed by atoms with E-state index in [2.05, 4.69) is 0 Å². The maximum atomic E-state index is 12.5. The summed E-state index contributed by atoms with van der Waals surface area (Å²) in [5.74, 6) is 0.988. The SMILES string of the molecule is COc1ccc(C(O)C(=O)c2ccc(OCc3ccccc3)cc2)cc1. The summed E-state index contributed by atoms with van der Waals surface area (Å²) >= 11 is 0. The fourth-order valence-corrected chi connectivity index (χ4v) is 2.55. The van der Waals surface area contributed by atoms with Crippen molar-refractivity contribution in [3.05, 3.63) is 95.6 Å². The van der Waals surface area contributed by atoms with E-state index in [0.717, 1.165) is 5.56 Å². The van der Waals surface area contributed by atoms with Gasteiger partial charge < -0.3 is 14.6 Å². The molecule has 0 saturated carbocycles. The number of Topliss-reactive ketones (excluding diaryl/α,β-unsaturated/α-hetero) is 1. The molecule has 4 nitrogen and oxygen atoms in total. The van der Waals surface area contributed by atoms with Crippen LogP contribution >= 0.6 is 0 Å². The topological polar surface area (TPSA) is 55.8 Å². The number of aliphatic hydroxyl groups is 1. The maximum absolute atomic E-state index is 12.5. The third kappa shape index (κ3) is 4.29. The molecule has 0 heterocycles. The highest BCUT2D eigenvalue weighted by atomic mass is 16.5. The second-order valence-corrected chi connectivity index (χ2v) is 5.84. The fourth-order valence-electron chi connectivity index (χ4n) is 2.55. The summed E-state index contributed by atoms with van der Waals surface area (Å²) in [5, 5.41) is 10.3. The Morgan fingerprint density at radius 2 is 1.50 bits per heavy atom. The Hall–Kier alpha value is -3.11. The van der Waals surface area contributed by atoms with E-state index >= 15 is 0 Å². The van der Waals surface area contributed by atoms with Gasteiger partial charge in [-0.05, 0) is 47.5 Å². The smallest absolute Gasteiger partial charge is 0.195 e. The normalized spacial score (nSPS) is 11.6. The number of carbonyl (C=O) groups is 1. The van der Waals surface area contributed by atoms with Crippen LogP contribution in [0, 0.1) is 0 Å². The van der Waals surface area contributed by atoms with Crippen LogP contribution in [0.15, 0.2) is 78.9 Å². The number of aliphatic hydroxyl groups excluding tert-OH is 1. The van der Waals surface area contributed by atoms with Crippen molar-refractivity contribution in [2.45, 2.75) is 12.7 Å². The zero-order chi connectivity index (χ0) is 18.4. The molecule has 0 aliphatic rings. The monoisotopic (exact) mass is 348 g/mol. The van der Waals surface area contributed by atoms with E-state index in [4.69, 9.17) is 9.47 Å². The molecule has 3 rings (SSSR count). The van der Waals surface area contributed by atoms with E-state index in [0.29, 0.717) is 29.2 Å². The van der Waals surface area contributed by atoms with Crippen molar-refractivity contribution in [2.75, 3.05) is 7.11 Å². The number of ether oxygens (including phenoxy) is 2. The number of rotatable bonds is 7. The van der Waals surface area contributed by atoms with Gasteiger partial charge >= 0.3 is 0 Å². The lowest BCUT2D eigenvalue weighted by Gasteiger charge is -2.12. The van der Waals surface area contributed by atoms with E-state index in [9.17, 15) is 9.90 Å². The lowest BCUT2D eigenvalue weighted by molar-refractivity contribution is 0.0747. The Labute approximate surface area is 152 Å². The molecule has 3 aromatic carbocycles. The lowest BCUT2D eigenvalue weighted by Crippen LogP contribution is -2.12. The van der Waals surface area contributed by atoms with Gasteiger partial charge in [0.15, 0.2) is 5.78 Å². The first-order valence-electron chi connectivity index (χ1n) is 8.30. The third-order valence-electron chi connectivity index (χ3n) is 4.07. The molecule has 0 amide bonds. The van der Waals surface area contributed by atoms with Crippen molar-refractivity contribution in [3.63, 3.8) is 0 Å². The first-order valence-corrected chi connectivity index (χ1v) is 8.30. The summed E-state index contributed by atoms with van der Waals surface area (Å²) in [6.45, 7) is 0.461. The molecular weight excluding hydrogens is 328 g/mol. The van der Waals surface area contributed by atoms with Crippen LogP contribution in [0.3, 0.4) is 0 Å². The second-order valence-electron chi connectivity index (χ2n) is 5.84. The number of carbonyl (C=O) groups excluding carboxylic acids is 1. The fraction of sp³-hybridized carbons (Fsp3) is 0.136. The average molecular weight is 348 g/mol. The van der Waals surface area contributed by atoms with E-state index < -0.39 is 6.10 Å². The Bertz CT molecular complexity index is 840. The molecule has 0 aliphatic heterocycles. The number of ketones is 1. The van der Waals surface area contributed by atoms with Crippen molar-refractivity contribution in [1.82, 2.24) is 0 Å². The summed E-state index contributed by atoms with van der Waals surface area (Å²) in [6, 6.07) is 23.4. The number of benzene rings is 3. The minimum atomic E-state index is -1.21. The van der Waals surface area contributed by atoms with Crippen molar-refractivity contribution >= 4 is 5.78 Å². The van der Waals surface area contributed by atoms with Gasteiger partial charge in [-0.15, -0.1) is 0 Å². The molecule has 0 saturated heterocycles. The molecule has 0 bridgehead atoms. The van der Waals surface area contributed by atoms with Gasteiger partial charge in [0.25, 0.3) is 0 Å². The van der Waals surface area contributed by atoms with Crippen LogP contribution in [0.1, 0.15) is 27.6 Å². The van der Waals surface area contributed by atoms with E-state index in [1.54, 1.807) is 55.6 Å². The highest BCUT2D eigenvalue weighted by Gasteiger charge is 2.19. The van der Waals surface area contributed by atoms with Crippen LogP contribution in [0.2, 0.25) is 0 Å². The van der Waals surface area contributed by atoms with Gasteiger partial charge in [0.05, 0.1) is 7.11 Å². The standard InChI is InChI=1S/C22H20O4/c1-25-19-11-7-17(8-12-19)21(23)22(24)18-9-13-20(14-10-18)26-15-16-5-3-2-4-6-16/h2-14,21,23H,15H2,1H3. The van der Waals surface area contributed by atoms with Crippen LogP contribution in [-0.2, 0) is 6.61 Å².